The van der Waals surface area contributed by atoms with E-state index in [1.807, 2.05) is 58.0 Å². The Morgan fingerprint density at radius 3 is 2.65 bits per heavy atom. The highest BCUT2D eigenvalue weighted by molar-refractivity contribution is 7.99. The highest BCUT2D eigenvalue weighted by Gasteiger charge is 2.10. The van der Waals surface area contributed by atoms with Crippen LogP contribution in [0.15, 0.2) is 41.7 Å². The molecular weight excluding hydrogens is 346 g/mol. The number of amides is 1. The van der Waals surface area contributed by atoms with Crippen molar-refractivity contribution >= 4 is 23.4 Å². The molecule has 0 spiro atoms. The van der Waals surface area contributed by atoms with E-state index in [1.165, 1.54) is 18.1 Å². The van der Waals surface area contributed by atoms with Gasteiger partial charge in [-0.05, 0) is 51.0 Å². The third-order valence-electron chi connectivity index (χ3n) is 3.87. The normalized spacial score (nSPS) is 10.8. The summed E-state index contributed by atoms with van der Waals surface area (Å²) in [5.41, 5.74) is 4.95. The minimum Gasteiger partial charge on any atom is -0.325 e. The van der Waals surface area contributed by atoms with Crippen molar-refractivity contribution in [3.8, 4) is 5.82 Å². The summed E-state index contributed by atoms with van der Waals surface area (Å²) >= 11 is 1.38. The van der Waals surface area contributed by atoms with Crippen LogP contribution in [-0.4, -0.2) is 31.4 Å². The first-order chi connectivity index (χ1) is 12.4. The lowest BCUT2D eigenvalue weighted by Gasteiger charge is -2.09. The molecule has 0 unspecified atom stereocenters. The van der Waals surface area contributed by atoms with E-state index in [0.717, 1.165) is 33.2 Å². The van der Waals surface area contributed by atoms with Crippen LogP contribution < -0.4 is 5.32 Å². The Morgan fingerprint density at radius 2 is 1.92 bits per heavy atom. The van der Waals surface area contributed by atoms with E-state index in [-0.39, 0.29) is 11.7 Å². The Balaban J connectivity index is 1.66. The van der Waals surface area contributed by atoms with Gasteiger partial charge in [0.1, 0.15) is 11.4 Å². The van der Waals surface area contributed by atoms with Crippen LogP contribution in [0.3, 0.4) is 0 Å². The molecule has 0 saturated carbocycles. The van der Waals surface area contributed by atoms with Gasteiger partial charge in [0, 0.05) is 17.4 Å². The number of rotatable bonds is 5. The Hall–Kier alpha value is -2.67. The molecule has 26 heavy (non-hydrogen) atoms. The van der Waals surface area contributed by atoms with Crippen LogP contribution in [-0.2, 0) is 4.79 Å². The van der Waals surface area contributed by atoms with Crippen LogP contribution in [0.1, 0.15) is 22.5 Å². The van der Waals surface area contributed by atoms with Gasteiger partial charge in [0.05, 0.1) is 11.4 Å². The number of carbonyl (C=O) groups excluding carboxylic acids is 1. The number of nitrogens with zero attached hydrogens (tertiary/aromatic N) is 4. The first-order valence-electron chi connectivity index (χ1n) is 8.28. The van der Waals surface area contributed by atoms with Crippen LogP contribution in [0.5, 0.6) is 0 Å². The summed E-state index contributed by atoms with van der Waals surface area (Å²) < 4.78 is 1.78. The van der Waals surface area contributed by atoms with E-state index in [0.29, 0.717) is 5.82 Å². The second-order valence-corrected chi connectivity index (χ2v) is 7.20. The summed E-state index contributed by atoms with van der Waals surface area (Å²) in [5, 5.41) is 8.12. The molecule has 3 rings (SSSR count). The number of anilines is 1. The van der Waals surface area contributed by atoms with Gasteiger partial charge in [0.2, 0.25) is 5.91 Å². The molecule has 0 saturated heterocycles. The molecule has 1 amide bonds. The molecule has 0 fully saturated rings. The van der Waals surface area contributed by atoms with Gasteiger partial charge in [-0.3, -0.25) is 4.79 Å². The van der Waals surface area contributed by atoms with E-state index in [4.69, 9.17) is 0 Å². The molecular formula is C19H21N5OS. The molecule has 3 aromatic rings. The van der Waals surface area contributed by atoms with Crippen LogP contribution in [0, 0.1) is 27.7 Å². The van der Waals surface area contributed by atoms with Gasteiger partial charge >= 0.3 is 0 Å². The fraction of sp³-hybridized carbons (Fsp3) is 0.263. The summed E-state index contributed by atoms with van der Waals surface area (Å²) in [5.74, 6) is 0.916. The van der Waals surface area contributed by atoms with Gasteiger partial charge in [-0.25, -0.2) is 14.6 Å². The number of aryl methyl sites for hydroxylation is 4. The van der Waals surface area contributed by atoms with Crippen molar-refractivity contribution in [2.75, 3.05) is 11.1 Å². The van der Waals surface area contributed by atoms with Gasteiger partial charge in [-0.15, -0.1) is 0 Å². The van der Waals surface area contributed by atoms with Crippen LogP contribution in [0.2, 0.25) is 0 Å². The predicted molar refractivity (Wildman–Crippen MR) is 104 cm³/mol. The molecule has 0 aliphatic rings. The first kappa shape index (κ1) is 18.1. The van der Waals surface area contributed by atoms with Gasteiger partial charge in [0.15, 0.2) is 5.82 Å². The van der Waals surface area contributed by atoms with E-state index in [1.54, 1.807) is 4.68 Å². The molecule has 1 N–H and O–H groups in total. The van der Waals surface area contributed by atoms with Crippen molar-refractivity contribution < 1.29 is 4.79 Å². The fourth-order valence-corrected chi connectivity index (χ4v) is 3.24. The lowest BCUT2D eigenvalue weighted by Crippen LogP contribution is -2.15. The SMILES string of the molecule is Cc1ccc(C)c(NC(=O)CSc2cc(-n3nc(C)cc3C)ncn2)c1. The lowest BCUT2D eigenvalue weighted by atomic mass is 10.1. The Labute approximate surface area is 157 Å². The fourth-order valence-electron chi connectivity index (χ4n) is 2.58. The number of carbonyl (C=O) groups is 1. The van der Waals surface area contributed by atoms with Crippen molar-refractivity contribution in [1.82, 2.24) is 19.7 Å². The molecule has 0 atom stereocenters. The number of hydrogen-bond acceptors (Lipinski definition) is 5. The molecule has 0 bridgehead atoms. The maximum absolute atomic E-state index is 12.3. The quantitative estimate of drug-likeness (QED) is 0.551. The largest absolute Gasteiger partial charge is 0.325 e. The lowest BCUT2D eigenvalue weighted by molar-refractivity contribution is -0.113. The zero-order valence-corrected chi connectivity index (χ0v) is 16.1. The number of hydrogen-bond donors (Lipinski definition) is 1. The van der Waals surface area contributed by atoms with Crippen molar-refractivity contribution in [2.45, 2.75) is 32.7 Å². The van der Waals surface area contributed by atoms with Gasteiger partial charge in [0.25, 0.3) is 0 Å². The van der Waals surface area contributed by atoms with Crippen LogP contribution in [0.4, 0.5) is 5.69 Å². The highest BCUT2D eigenvalue weighted by atomic mass is 32.2. The molecule has 0 radical (unpaired) electrons. The number of benzene rings is 1. The second kappa shape index (κ2) is 7.70. The van der Waals surface area contributed by atoms with E-state index in [9.17, 15) is 4.79 Å². The monoisotopic (exact) mass is 367 g/mol. The summed E-state index contributed by atoms with van der Waals surface area (Å²) in [4.78, 5) is 20.8. The summed E-state index contributed by atoms with van der Waals surface area (Å²) in [7, 11) is 0. The molecule has 2 heterocycles. The third kappa shape index (κ3) is 4.29. The minimum atomic E-state index is -0.0602. The molecule has 2 aromatic heterocycles. The number of aromatic nitrogens is 4. The predicted octanol–water partition coefficient (Wildman–Crippen LogP) is 3.63. The number of nitrogens with one attached hydrogen (secondary N) is 1. The van der Waals surface area contributed by atoms with E-state index in [2.05, 4.69) is 20.4 Å². The summed E-state index contributed by atoms with van der Waals surface area (Å²) in [6, 6.07) is 9.84. The Morgan fingerprint density at radius 1 is 1.12 bits per heavy atom. The highest BCUT2D eigenvalue weighted by Crippen LogP contribution is 2.20. The number of thioether (sulfide) groups is 1. The molecule has 0 aliphatic carbocycles. The third-order valence-corrected chi connectivity index (χ3v) is 4.80. The van der Waals surface area contributed by atoms with Crippen molar-refractivity contribution in [3.05, 3.63) is 59.2 Å². The topological polar surface area (TPSA) is 72.7 Å². The molecule has 7 heteroatoms. The van der Waals surface area contributed by atoms with Crippen LogP contribution >= 0.6 is 11.8 Å². The van der Waals surface area contributed by atoms with Gasteiger partial charge < -0.3 is 5.32 Å². The Kier molecular flexibility index (Phi) is 5.37. The second-order valence-electron chi connectivity index (χ2n) is 6.21. The summed E-state index contributed by atoms with van der Waals surface area (Å²) in [6.07, 6.45) is 1.50. The van der Waals surface area contributed by atoms with E-state index >= 15 is 0 Å². The molecule has 1 aromatic carbocycles. The van der Waals surface area contributed by atoms with Crippen molar-refractivity contribution in [1.29, 1.82) is 0 Å². The molecule has 134 valence electrons. The zero-order chi connectivity index (χ0) is 18.7. The van der Waals surface area contributed by atoms with E-state index < -0.39 is 0 Å². The first-order valence-corrected chi connectivity index (χ1v) is 9.26. The van der Waals surface area contributed by atoms with Gasteiger partial charge in [-0.2, -0.15) is 5.10 Å². The van der Waals surface area contributed by atoms with Crippen molar-refractivity contribution in [2.24, 2.45) is 0 Å². The maximum atomic E-state index is 12.3. The molecule has 6 nitrogen and oxygen atoms in total. The van der Waals surface area contributed by atoms with Gasteiger partial charge in [-0.1, -0.05) is 23.9 Å². The average Bonchev–Trinajstić information content (AvgIpc) is 2.95. The van der Waals surface area contributed by atoms with Crippen LogP contribution in [0.25, 0.3) is 5.82 Å². The summed E-state index contributed by atoms with van der Waals surface area (Å²) in [6.45, 7) is 7.91. The smallest absolute Gasteiger partial charge is 0.234 e. The maximum Gasteiger partial charge on any atom is 0.234 e. The van der Waals surface area contributed by atoms with Crippen molar-refractivity contribution in [3.63, 3.8) is 0 Å². The standard InChI is InChI=1S/C19H21N5OS/c1-12-5-6-13(2)16(7-12)22-18(25)10-26-19-9-17(20-11-21-19)24-15(4)8-14(3)23-24/h5-9,11H,10H2,1-4H3,(H,22,25). The Bertz CT molecular complexity index is 951. The minimum absolute atomic E-state index is 0.0602. The zero-order valence-electron chi connectivity index (χ0n) is 15.3. The average molecular weight is 367 g/mol. The molecule has 0 aliphatic heterocycles.